The first-order valence-corrected chi connectivity index (χ1v) is 8.40. The number of anilines is 1. The van der Waals surface area contributed by atoms with E-state index in [1.54, 1.807) is 6.92 Å². The van der Waals surface area contributed by atoms with E-state index in [0.717, 1.165) is 13.0 Å². The van der Waals surface area contributed by atoms with E-state index in [1.165, 1.54) is 29.6 Å². The molecule has 2 N–H and O–H groups in total. The number of hydrogen-bond donors (Lipinski definition) is 2. The SMILES string of the molecule is Cc1cc(NS(=O)(=O)N(C)CCCNC(C)C)ccc1F. The molecular weight excluding hydrogens is 293 g/mol. The molecule has 5 nitrogen and oxygen atoms in total. The predicted molar refractivity (Wildman–Crippen MR) is 84.1 cm³/mol. The lowest BCUT2D eigenvalue weighted by atomic mass is 10.2. The minimum atomic E-state index is -3.61. The number of rotatable bonds is 8. The summed E-state index contributed by atoms with van der Waals surface area (Å²) in [6.45, 7) is 6.84. The Bertz CT molecular complexity index is 561. The second kappa shape index (κ2) is 7.72. The molecule has 0 unspecified atom stereocenters. The third-order valence-electron chi connectivity index (χ3n) is 3.02. The Morgan fingerprint density at radius 2 is 2.00 bits per heavy atom. The standard InChI is InChI=1S/C14H24FN3O2S/c1-11(2)16-8-5-9-18(4)21(19,20)17-13-6-7-14(15)12(3)10-13/h6-7,10-11,16-17H,5,8-9H2,1-4H3. The Hall–Kier alpha value is -1.18. The molecule has 0 aliphatic heterocycles. The maximum absolute atomic E-state index is 13.2. The van der Waals surface area contributed by atoms with Crippen LogP contribution in [0.5, 0.6) is 0 Å². The number of hydrogen-bond acceptors (Lipinski definition) is 3. The molecule has 0 fully saturated rings. The molecule has 0 amide bonds. The molecule has 0 heterocycles. The molecule has 1 aromatic rings. The van der Waals surface area contributed by atoms with Crippen molar-refractivity contribution in [2.45, 2.75) is 33.2 Å². The molecule has 0 aliphatic rings. The van der Waals surface area contributed by atoms with Crippen LogP contribution in [0.3, 0.4) is 0 Å². The highest BCUT2D eigenvalue weighted by atomic mass is 32.2. The van der Waals surface area contributed by atoms with E-state index in [9.17, 15) is 12.8 Å². The molecule has 1 aromatic carbocycles. The van der Waals surface area contributed by atoms with Gasteiger partial charge < -0.3 is 5.32 Å². The molecule has 0 radical (unpaired) electrons. The molecule has 0 atom stereocenters. The second-order valence-electron chi connectivity index (χ2n) is 5.35. The summed E-state index contributed by atoms with van der Waals surface area (Å²) in [4.78, 5) is 0. The van der Waals surface area contributed by atoms with Crippen molar-refractivity contribution < 1.29 is 12.8 Å². The quantitative estimate of drug-likeness (QED) is 0.722. The summed E-state index contributed by atoms with van der Waals surface area (Å²) in [7, 11) is -2.09. The van der Waals surface area contributed by atoms with E-state index in [4.69, 9.17) is 0 Å². The summed E-state index contributed by atoms with van der Waals surface area (Å²) in [6.07, 6.45) is 0.720. The lowest BCUT2D eigenvalue weighted by Gasteiger charge is -2.19. The molecule has 7 heteroatoms. The third-order valence-corrected chi connectivity index (χ3v) is 4.51. The number of nitrogens with one attached hydrogen (secondary N) is 2. The van der Waals surface area contributed by atoms with E-state index in [1.807, 2.05) is 13.8 Å². The Kier molecular flexibility index (Phi) is 6.57. The van der Waals surface area contributed by atoms with Crippen LogP contribution < -0.4 is 10.0 Å². The van der Waals surface area contributed by atoms with Crippen LogP contribution in [-0.4, -0.2) is 38.9 Å². The van der Waals surface area contributed by atoms with Crippen LogP contribution in [0.4, 0.5) is 10.1 Å². The van der Waals surface area contributed by atoms with E-state index in [0.29, 0.717) is 23.8 Å². The first-order chi connectivity index (χ1) is 9.72. The zero-order valence-electron chi connectivity index (χ0n) is 13.0. The van der Waals surface area contributed by atoms with Crippen LogP contribution >= 0.6 is 0 Å². The Balaban J connectivity index is 2.57. The Labute approximate surface area is 126 Å². The van der Waals surface area contributed by atoms with Gasteiger partial charge >= 0.3 is 10.2 Å². The molecule has 0 bridgehead atoms. The second-order valence-corrected chi connectivity index (χ2v) is 7.13. The van der Waals surface area contributed by atoms with Gasteiger partial charge in [0.1, 0.15) is 5.82 Å². The van der Waals surface area contributed by atoms with E-state index in [-0.39, 0.29) is 5.82 Å². The van der Waals surface area contributed by atoms with Crippen LogP contribution in [0.25, 0.3) is 0 Å². The molecule has 0 spiro atoms. The molecule has 21 heavy (non-hydrogen) atoms. The monoisotopic (exact) mass is 317 g/mol. The fourth-order valence-electron chi connectivity index (χ4n) is 1.75. The van der Waals surface area contributed by atoms with Crippen molar-refractivity contribution in [2.24, 2.45) is 0 Å². The van der Waals surface area contributed by atoms with Gasteiger partial charge in [-0.1, -0.05) is 13.8 Å². The number of aryl methyl sites for hydroxylation is 1. The highest BCUT2D eigenvalue weighted by Crippen LogP contribution is 2.15. The fraction of sp³-hybridized carbons (Fsp3) is 0.571. The summed E-state index contributed by atoms with van der Waals surface area (Å²) in [5, 5.41) is 3.23. The number of nitrogens with zero attached hydrogens (tertiary/aromatic N) is 1. The first kappa shape index (κ1) is 17.9. The van der Waals surface area contributed by atoms with Gasteiger partial charge in [0.15, 0.2) is 0 Å². The van der Waals surface area contributed by atoms with Crippen molar-refractivity contribution in [3.63, 3.8) is 0 Å². The zero-order chi connectivity index (χ0) is 16.0. The van der Waals surface area contributed by atoms with Gasteiger partial charge in [-0.05, 0) is 43.7 Å². The lowest BCUT2D eigenvalue weighted by Crippen LogP contribution is -2.35. The largest absolute Gasteiger partial charge is 0.314 e. The molecule has 0 aliphatic carbocycles. The van der Waals surface area contributed by atoms with Gasteiger partial charge in [-0.15, -0.1) is 0 Å². The number of halogens is 1. The lowest BCUT2D eigenvalue weighted by molar-refractivity contribution is 0.451. The Morgan fingerprint density at radius 3 is 2.57 bits per heavy atom. The van der Waals surface area contributed by atoms with Gasteiger partial charge in [0.2, 0.25) is 0 Å². The van der Waals surface area contributed by atoms with Crippen molar-refractivity contribution in [2.75, 3.05) is 24.9 Å². The summed E-state index contributed by atoms with van der Waals surface area (Å²) in [6, 6.07) is 4.52. The molecule has 0 aromatic heterocycles. The fourth-order valence-corrected chi connectivity index (χ4v) is 2.70. The van der Waals surface area contributed by atoms with E-state index < -0.39 is 10.2 Å². The first-order valence-electron chi connectivity index (χ1n) is 6.96. The highest BCUT2D eigenvalue weighted by molar-refractivity contribution is 7.90. The van der Waals surface area contributed by atoms with Crippen LogP contribution in [0, 0.1) is 12.7 Å². The van der Waals surface area contributed by atoms with E-state index in [2.05, 4.69) is 10.0 Å². The van der Waals surface area contributed by atoms with Gasteiger partial charge in [0, 0.05) is 19.6 Å². The predicted octanol–water partition coefficient (Wildman–Crippen LogP) is 2.11. The van der Waals surface area contributed by atoms with E-state index >= 15 is 0 Å². The number of benzene rings is 1. The molecular formula is C14H24FN3O2S. The topological polar surface area (TPSA) is 61.4 Å². The van der Waals surface area contributed by atoms with Crippen LogP contribution in [0.1, 0.15) is 25.8 Å². The van der Waals surface area contributed by atoms with Crippen molar-refractivity contribution in [1.29, 1.82) is 0 Å². The van der Waals surface area contributed by atoms with Crippen LogP contribution in [0.2, 0.25) is 0 Å². The summed E-state index contributed by atoms with van der Waals surface area (Å²) in [5.41, 5.74) is 0.764. The minimum absolute atomic E-state index is 0.355. The van der Waals surface area contributed by atoms with Crippen LogP contribution in [-0.2, 0) is 10.2 Å². The summed E-state index contributed by atoms with van der Waals surface area (Å²) >= 11 is 0. The van der Waals surface area contributed by atoms with Crippen LogP contribution in [0.15, 0.2) is 18.2 Å². The molecule has 0 saturated heterocycles. The van der Waals surface area contributed by atoms with Crippen molar-refractivity contribution in [3.05, 3.63) is 29.6 Å². The highest BCUT2D eigenvalue weighted by Gasteiger charge is 2.17. The third kappa shape index (κ3) is 5.99. The Morgan fingerprint density at radius 1 is 1.33 bits per heavy atom. The maximum atomic E-state index is 13.2. The van der Waals surface area contributed by atoms with Crippen molar-refractivity contribution >= 4 is 15.9 Å². The minimum Gasteiger partial charge on any atom is -0.314 e. The van der Waals surface area contributed by atoms with Crippen molar-refractivity contribution in [3.8, 4) is 0 Å². The van der Waals surface area contributed by atoms with Gasteiger partial charge in [-0.25, -0.2) is 4.39 Å². The average molecular weight is 317 g/mol. The van der Waals surface area contributed by atoms with Gasteiger partial charge in [-0.2, -0.15) is 12.7 Å². The zero-order valence-corrected chi connectivity index (χ0v) is 13.8. The average Bonchev–Trinajstić information content (AvgIpc) is 2.38. The summed E-state index contributed by atoms with van der Waals surface area (Å²) < 4.78 is 41.1. The molecule has 0 saturated carbocycles. The van der Waals surface area contributed by atoms with Gasteiger partial charge in [0.05, 0.1) is 5.69 Å². The normalized spacial score (nSPS) is 12.1. The maximum Gasteiger partial charge on any atom is 0.301 e. The molecule has 1 rings (SSSR count). The summed E-state index contributed by atoms with van der Waals surface area (Å²) in [5.74, 6) is -0.355. The van der Waals surface area contributed by atoms with Gasteiger partial charge in [-0.3, -0.25) is 4.72 Å². The van der Waals surface area contributed by atoms with Gasteiger partial charge in [0.25, 0.3) is 0 Å². The smallest absolute Gasteiger partial charge is 0.301 e. The molecule has 120 valence electrons. The van der Waals surface area contributed by atoms with Crippen molar-refractivity contribution in [1.82, 2.24) is 9.62 Å².